The van der Waals surface area contributed by atoms with E-state index < -0.39 is 17.7 Å². The molecule has 0 bridgehead atoms. The predicted molar refractivity (Wildman–Crippen MR) is 71.2 cm³/mol. The van der Waals surface area contributed by atoms with E-state index in [1.807, 2.05) is 0 Å². The number of hydrogen-bond donors (Lipinski definition) is 1. The van der Waals surface area contributed by atoms with Gasteiger partial charge in [0.2, 0.25) is 0 Å². The summed E-state index contributed by atoms with van der Waals surface area (Å²) in [6.07, 6.45) is -0.809. The van der Waals surface area contributed by atoms with Crippen molar-refractivity contribution in [3.63, 3.8) is 0 Å². The number of aromatic nitrogens is 1. The molecule has 0 saturated carbocycles. The van der Waals surface area contributed by atoms with Gasteiger partial charge in [0.15, 0.2) is 0 Å². The molecular weight excluding hydrogens is 283 g/mol. The van der Waals surface area contributed by atoms with Crippen LogP contribution in [0.3, 0.4) is 0 Å². The summed E-state index contributed by atoms with van der Waals surface area (Å²) >= 11 is 0. The second kappa shape index (κ2) is 5.78. The topological polar surface area (TPSA) is 50.2 Å². The van der Waals surface area contributed by atoms with Gasteiger partial charge in [-0.05, 0) is 23.8 Å². The van der Waals surface area contributed by atoms with Crippen LogP contribution < -0.4 is 0 Å². The Morgan fingerprint density at radius 3 is 2.43 bits per heavy atom. The van der Waals surface area contributed by atoms with Crippen molar-refractivity contribution in [2.75, 3.05) is 0 Å². The lowest BCUT2D eigenvalue weighted by Gasteiger charge is -2.11. The Labute approximate surface area is 118 Å². The predicted octanol–water partition coefficient (Wildman–Crippen LogP) is 3.73. The summed E-state index contributed by atoms with van der Waals surface area (Å²) in [6.45, 7) is 0. The first-order chi connectivity index (χ1) is 9.89. The zero-order chi connectivity index (χ0) is 15.5. The summed E-state index contributed by atoms with van der Waals surface area (Å²) in [5.74, 6) is -1.32. The largest absolute Gasteiger partial charge is 0.478 e. The van der Waals surface area contributed by atoms with Crippen LogP contribution in [0, 0.1) is 0 Å². The highest BCUT2D eigenvalue weighted by molar-refractivity contribution is 6.20. The first-order valence-corrected chi connectivity index (χ1v) is 5.91. The molecule has 0 aliphatic heterocycles. The minimum absolute atomic E-state index is 0.203. The quantitative estimate of drug-likeness (QED) is 0.877. The number of alkyl halides is 3. The average molecular weight is 293 g/mol. The fourth-order valence-corrected chi connectivity index (χ4v) is 1.83. The average Bonchev–Trinajstić information content (AvgIpc) is 2.44. The summed E-state index contributed by atoms with van der Waals surface area (Å²) in [5.41, 5.74) is -1.10. The van der Waals surface area contributed by atoms with Gasteiger partial charge in [-0.1, -0.05) is 24.3 Å². The third kappa shape index (κ3) is 3.47. The lowest BCUT2D eigenvalue weighted by atomic mass is 10.0. The number of halogens is 3. The first kappa shape index (κ1) is 14.8. The van der Waals surface area contributed by atoms with E-state index in [0.29, 0.717) is 0 Å². The van der Waals surface area contributed by atoms with Crippen molar-refractivity contribution < 1.29 is 23.1 Å². The molecule has 3 nitrogen and oxygen atoms in total. The Bertz CT molecular complexity index is 679. The second-order valence-electron chi connectivity index (χ2n) is 4.19. The Hall–Kier alpha value is -2.63. The lowest BCUT2D eigenvalue weighted by Crippen LogP contribution is -2.08. The van der Waals surface area contributed by atoms with E-state index in [4.69, 9.17) is 0 Å². The Kier molecular flexibility index (Phi) is 4.07. The second-order valence-corrected chi connectivity index (χ2v) is 4.19. The van der Waals surface area contributed by atoms with E-state index >= 15 is 0 Å². The maximum atomic E-state index is 12.9. The molecular formula is C15H10F3NO2. The summed E-state index contributed by atoms with van der Waals surface area (Å²) in [5, 5.41) is 9.20. The van der Waals surface area contributed by atoms with E-state index in [2.05, 4.69) is 4.98 Å². The van der Waals surface area contributed by atoms with Crippen LogP contribution in [0.5, 0.6) is 0 Å². The molecule has 6 heteroatoms. The van der Waals surface area contributed by atoms with E-state index in [0.717, 1.165) is 12.1 Å². The van der Waals surface area contributed by atoms with Crippen LogP contribution in [-0.2, 0) is 11.0 Å². The highest BCUT2D eigenvalue weighted by Gasteiger charge is 2.32. The molecule has 0 spiro atoms. The van der Waals surface area contributed by atoms with E-state index in [9.17, 15) is 23.1 Å². The summed E-state index contributed by atoms with van der Waals surface area (Å²) in [7, 11) is 0. The van der Waals surface area contributed by atoms with Crippen LogP contribution in [0.1, 0.15) is 16.7 Å². The van der Waals surface area contributed by atoms with Gasteiger partial charge in [0.05, 0.1) is 11.1 Å². The maximum Gasteiger partial charge on any atom is 0.416 e. The van der Waals surface area contributed by atoms with Gasteiger partial charge < -0.3 is 5.11 Å². The number of aliphatic carboxylic acids is 1. The van der Waals surface area contributed by atoms with Crippen LogP contribution in [0.25, 0.3) is 11.6 Å². The molecule has 0 aliphatic rings. The summed E-state index contributed by atoms with van der Waals surface area (Å²) < 4.78 is 38.7. The molecule has 0 amide bonds. The van der Waals surface area contributed by atoms with E-state index in [-0.39, 0.29) is 16.7 Å². The molecule has 1 aromatic heterocycles. The Morgan fingerprint density at radius 1 is 1.14 bits per heavy atom. The first-order valence-electron chi connectivity index (χ1n) is 5.91. The van der Waals surface area contributed by atoms with Crippen molar-refractivity contribution in [2.45, 2.75) is 6.18 Å². The fourth-order valence-electron chi connectivity index (χ4n) is 1.83. The molecule has 0 aliphatic carbocycles. The van der Waals surface area contributed by atoms with E-state index in [1.54, 1.807) is 0 Å². The molecule has 2 rings (SSSR count). The molecule has 21 heavy (non-hydrogen) atoms. The SMILES string of the molecule is O=C(O)C(=Cc1ccccc1C(F)(F)F)c1cccnc1. The van der Waals surface area contributed by atoms with Crippen molar-refractivity contribution in [2.24, 2.45) is 0 Å². The van der Waals surface area contributed by atoms with E-state index in [1.165, 1.54) is 42.7 Å². The molecule has 0 atom stereocenters. The van der Waals surface area contributed by atoms with Crippen LogP contribution in [-0.4, -0.2) is 16.1 Å². The van der Waals surface area contributed by atoms with Crippen LogP contribution in [0.4, 0.5) is 13.2 Å². The van der Waals surface area contributed by atoms with Gasteiger partial charge in [-0.15, -0.1) is 0 Å². The van der Waals surface area contributed by atoms with Crippen molar-refractivity contribution in [1.82, 2.24) is 4.98 Å². The lowest BCUT2D eigenvalue weighted by molar-refractivity contribution is -0.137. The maximum absolute atomic E-state index is 12.9. The Balaban J connectivity index is 2.58. The van der Waals surface area contributed by atoms with Gasteiger partial charge in [-0.2, -0.15) is 13.2 Å². The molecule has 0 unspecified atom stereocenters. The number of rotatable bonds is 3. The third-order valence-electron chi connectivity index (χ3n) is 2.77. The number of carboxylic acids is 1. The van der Waals surface area contributed by atoms with Crippen molar-refractivity contribution in [3.8, 4) is 0 Å². The van der Waals surface area contributed by atoms with Crippen LogP contribution in [0.2, 0.25) is 0 Å². The molecule has 0 saturated heterocycles. The van der Waals surface area contributed by atoms with Gasteiger partial charge in [0.1, 0.15) is 0 Å². The van der Waals surface area contributed by atoms with Gasteiger partial charge >= 0.3 is 12.1 Å². The number of carboxylic acid groups (broad SMARTS) is 1. The standard InChI is InChI=1S/C15H10F3NO2/c16-15(17,18)13-6-2-1-4-10(13)8-12(14(20)21)11-5-3-7-19-9-11/h1-9H,(H,20,21). The fraction of sp³-hybridized carbons (Fsp3) is 0.0667. The van der Waals surface area contributed by atoms with Crippen molar-refractivity contribution in [3.05, 3.63) is 65.5 Å². The number of pyridine rings is 1. The molecule has 0 fully saturated rings. The number of carbonyl (C=O) groups is 1. The number of hydrogen-bond acceptors (Lipinski definition) is 2. The highest BCUT2D eigenvalue weighted by atomic mass is 19.4. The molecule has 1 N–H and O–H groups in total. The van der Waals surface area contributed by atoms with Crippen molar-refractivity contribution in [1.29, 1.82) is 0 Å². The van der Waals surface area contributed by atoms with Crippen LogP contribution in [0.15, 0.2) is 48.8 Å². The molecule has 108 valence electrons. The highest BCUT2D eigenvalue weighted by Crippen LogP contribution is 2.33. The third-order valence-corrected chi connectivity index (χ3v) is 2.77. The smallest absolute Gasteiger partial charge is 0.416 e. The van der Waals surface area contributed by atoms with Gasteiger partial charge in [0.25, 0.3) is 0 Å². The zero-order valence-electron chi connectivity index (χ0n) is 10.6. The van der Waals surface area contributed by atoms with Gasteiger partial charge in [-0.25, -0.2) is 4.79 Å². The zero-order valence-corrected chi connectivity index (χ0v) is 10.6. The summed E-state index contributed by atoms with van der Waals surface area (Å²) in [4.78, 5) is 15.1. The molecule has 0 radical (unpaired) electrons. The Morgan fingerprint density at radius 2 is 1.86 bits per heavy atom. The minimum Gasteiger partial charge on any atom is -0.478 e. The monoisotopic (exact) mass is 293 g/mol. The van der Waals surface area contributed by atoms with Gasteiger partial charge in [-0.3, -0.25) is 4.98 Å². The number of benzene rings is 1. The number of nitrogens with zero attached hydrogens (tertiary/aromatic N) is 1. The minimum atomic E-state index is -4.55. The molecule has 1 heterocycles. The van der Waals surface area contributed by atoms with Gasteiger partial charge in [0, 0.05) is 18.0 Å². The molecule has 1 aromatic carbocycles. The van der Waals surface area contributed by atoms with Crippen LogP contribution >= 0.6 is 0 Å². The normalized spacial score (nSPS) is 12.2. The summed E-state index contributed by atoms with van der Waals surface area (Å²) in [6, 6.07) is 7.80. The van der Waals surface area contributed by atoms with Crippen molar-refractivity contribution >= 4 is 17.6 Å². The molecule has 2 aromatic rings.